The minimum absolute atomic E-state index is 0.0328. The highest BCUT2D eigenvalue weighted by Gasteiger charge is 2.31. The number of hydrogen-bond acceptors (Lipinski definition) is 3. The molecule has 0 atom stereocenters. The normalized spacial score (nSPS) is 11.3. The van der Waals surface area contributed by atoms with Crippen molar-refractivity contribution in [3.05, 3.63) is 58.2 Å². The van der Waals surface area contributed by atoms with Crippen molar-refractivity contribution < 1.29 is 18.0 Å². The van der Waals surface area contributed by atoms with Gasteiger partial charge in [-0.25, -0.2) is 4.98 Å². The van der Waals surface area contributed by atoms with Crippen LogP contribution in [0.2, 0.25) is 5.02 Å². The van der Waals surface area contributed by atoms with Crippen LogP contribution in [0.15, 0.2) is 36.5 Å². The van der Waals surface area contributed by atoms with Gasteiger partial charge in [-0.1, -0.05) is 17.7 Å². The Labute approximate surface area is 129 Å². The Kier molecular flexibility index (Phi) is 4.56. The Balaban J connectivity index is 2.18. The number of carbonyl (C=O) groups excluding carboxylic acids is 1. The summed E-state index contributed by atoms with van der Waals surface area (Å²) in [6.45, 7) is 0.0328. The molecule has 8 heteroatoms. The highest BCUT2D eigenvalue weighted by atomic mass is 35.5. The highest BCUT2D eigenvalue weighted by Crippen LogP contribution is 2.31. The molecule has 0 bridgehead atoms. The van der Waals surface area contributed by atoms with E-state index in [1.165, 1.54) is 6.20 Å². The average molecular weight is 330 g/mol. The molecule has 0 aliphatic rings. The van der Waals surface area contributed by atoms with Crippen LogP contribution in [-0.4, -0.2) is 10.9 Å². The molecule has 0 unspecified atom stereocenters. The van der Waals surface area contributed by atoms with Crippen molar-refractivity contribution in [2.24, 2.45) is 0 Å². The fourth-order valence-electron chi connectivity index (χ4n) is 1.75. The number of alkyl halides is 3. The van der Waals surface area contributed by atoms with Crippen LogP contribution in [0.25, 0.3) is 0 Å². The van der Waals surface area contributed by atoms with Crippen LogP contribution in [0.3, 0.4) is 0 Å². The number of pyridine rings is 1. The fraction of sp³-hybridized carbons (Fsp3) is 0.143. The van der Waals surface area contributed by atoms with Crippen molar-refractivity contribution in [3.63, 3.8) is 0 Å². The summed E-state index contributed by atoms with van der Waals surface area (Å²) >= 11 is 5.79. The van der Waals surface area contributed by atoms with Crippen LogP contribution >= 0.6 is 11.6 Å². The number of nitrogen functional groups attached to an aromatic ring is 1. The molecule has 2 aromatic rings. The minimum atomic E-state index is -4.55. The van der Waals surface area contributed by atoms with Crippen LogP contribution in [0, 0.1) is 0 Å². The third kappa shape index (κ3) is 3.67. The van der Waals surface area contributed by atoms with Gasteiger partial charge in [-0.2, -0.15) is 13.2 Å². The van der Waals surface area contributed by atoms with Gasteiger partial charge < -0.3 is 11.1 Å². The number of aromatic nitrogens is 1. The van der Waals surface area contributed by atoms with Gasteiger partial charge in [-0.15, -0.1) is 0 Å². The first-order chi connectivity index (χ1) is 10.3. The van der Waals surface area contributed by atoms with Crippen LogP contribution in [0.5, 0.6) is 0 Å². The summed E-state index contributed by atoms with van der Waals surface area (Å²) in [5, 5.41) is 2.40. The number of hydrogen-bond donors (Lipinski definition) is 2. The maximum atomic E-state index is 12.7. The monoisotopic (exact) mass is 329 g/mol. The molecule has 0 aliphatic carbocycles. The standard InChI is InChI=1S/C14H11ClF3N3O/c15-11-4-3-9(14(16,17)18)6-10(11)13(22)21-7-8-2-1-5-20-12(8)19/h1-6H,7H2,(H2,19,20)(H,21,22). The lowest BCUT2D eigenvalue weighted by Gasteiger charge is -2.11. The summed E-state index contributed by atoms with van der Waals surface area (Å²) in [6.07, 6.45) is -3.06. The van der Waals surface area contributed by atoms with Gasteiger partial charge in [0.15, 0.2) is 0 Å². The van der Waals surface area contributed by atoms with Gasteiger partial charge in [-0.3, -0.25) is 4.79 Å². The lowest BCUT2D eigenvalue weighted by molar-refractivity contribution is -0.137. The van der Waals surface area contributed by atoms with E-state index in [9.17, 15) is 18.0 Å². The molecule has 1 aromatic heterocycles. The summed E-state index contributed by atoms with van der Waals surface area (Å²) in [6, 6.07) is 5.85. The van der Waals surface area contributed by atoms with Gasteiger partial charge >= 0.3 is 6.18 Å². The number of anilines is 1. The predicted molar refractivity (Wildman–Crippen MR) is 76.3 cm³/mol. The molecule has 1 aromatic carbocycles. The maximum absolute atomic E-state index is 12.7. The minimum Gasteiger partial charge on any atom is -0.383 e. The van der Waals surface area contributed by atoms with Gasteiger partial charge in [0.25, 0.3) is 5.91 Å². The Morgan fingerprint density at radius 2 is 2.05 bits per heavy atom. The number of nitrogens with zero attached hydrogens (tertiary/aromatic N) is 1. The molecule has 22 heavy (non-hydrogen) atoms. The summed E-state index contributed by atoms with van der Waals surface area (Å²) < 4.78 is 38.0. The first-order valence-electron chi connectivity index (χ1n) is 6.13. The zero-order chi connectivity index (χ0) is 16.3. The molecular weight excluding hydrogens is 319 g/mol. The van der Waals surface area contributed by atoms with E-state index in [-0.39, 0.29) is 22.9 Å². The molecule has 116 valence electrons. The van der Waals surface area contributed by atoms with Crippen molar-refractivity contribution >= 4 is 23.3 Å². The number of benzene rings is 1. The molecule has 0 spiro atoms. The summed E-state index contributed by atoms with van der Waals surface area (Å²) in [5.74, 6) is -0.489. The second-order valence-corrected chi connectivity index (χ2v) is 4.83. The topological polar surface area (TPSA) is 68.0 Å². The zero-order valence-electron chi connectivity index (χ0n) is 11.1. The van der Waals surface area contributed by atoms with Crippen LogP contribution in [-0.2, 0) is 12.7 Å². The van der Waals surface area contributed by atoms with E-state index in [4.69, 9.17) is 17.3 Å². The quantitative estimate of drug-likeness (QED) is 0.908. The van der Waals surface area contributed by atoms with E-state index in [1.807, 2.05) is 0 Å². The molecule has 0 saturated carbocycles. The third-order valence-electron chi connectivity index (χ3n) is 2.90. The smallest absolute Gasteiger partial charge is 0.383 e. The number of rotatable bonds is 3. The highest BCUT2D eigenvalue weighted by molar-refractivity contribution is 6.33. The fourth-order valence-corrected chi connectivity index (χ4v) is 1.95. The largest absolute Gasteiger partial charge is 0.416 e. The second-order valence-electron chi connectivity index (χ2n) is 4.42. The van der Waals surface area contributed by atoms with E-state index in [0.29, 0.717) is 11.6 Å². The van der Waals surface area contributed by atoms with E-state index >= 15 is 0 Å². The molecule has 0 fully saturated rings. The van der Waals surface area contributed by atoms with Crippen molar-refractivity contribution in [1.82, 2.24) is 10.3 Å². The average Bonchev–Trinajstić information content (AvgIpc) is 2.45. The lowest BCUT2D eigenvalue weighted by Crippen LogP contribution is -2.24. The molecule has 1 amide bonds. The van der Waals surface area contributed by atoms with Crippen LogP contribution < -0.4 is 11.1 Å². The first-order valence-corrected chi connectivity index (χ1v) is 6.51. The molecular formula is C14H11ClF3N3O. The van der Waals surface area contributed by atoms with E-state index in [0.717, 1.165) is 12.1 Å². The molecule has 0 saturated heterocycles. The Morgan fingerprint density at radius 3 is 2.68 bits per heavy atom. The number of amides is 1. The molecule has 3 N–H and O–H groups in total. The van der Waals surface area contributed by atoms with Crippen molar-refractivity contribution in [2.75, 3.05) is 5.73 Å². The van der Waals surface area contributed by atoms with Gasteiger partial charge in [0.05, 0.1) is 16.1 Å². The summed E-state index contributed by atoms with van der Waals surface area (Å²) in [7, 11) is 0. The van der Waals surface area contributed by atoms with E-state index in [2.05, 4.69) is 10.3 Å². The molecule has 1 heterocycles. The number of nitrogens with two attached hydrogens (primary N) is 1. The first kappa shape index (κ1) is 16.1. The zero-order valence-corrected chi connectivity index (χ0v) is 11.9. The van der Waals surface area contributed by atoms with Gasteiger partial charge in [0.2, 0.25) is 0 Å². The van der Waals surface area contributed by atoms with Crippen molar-refractivity contribution in [2.45, 2.75) is 12.7 Å². The van der Waals surface area contributed by atoms with Gasteiger partial charge in [-0.05, 0) is 24.3 Å². The van der Waals surface area contributed by atoms with Crippen molar-refractivity contribution in [3.8, 4) is 0 Å². The Hall–Kier alpha value is -2.28. The van der Waals surface area contributed by atoms with Crippen LogP contribution in [0.4, 0.5) is 19.0 Å². The molecule has 2 rings (SSSR count). The molecule has 0 radical (unpaired) electrons. The Bertz CT molecular complexity index is 704. The SMILES string of the molecule is Nc1ncccc1CNC(=O)c1cc(C(F)(F)F)ccc1Cl. The Morgan fingerprint density at radius 1 is 1.32 bits per heavy atom. The lowest BCUT2D eigenvalue weighted by atomic mass is 10.1. The number of carbonyl (C=O) groups is 1. The van der Waals surface area contributed by atoms with E-state index < -0.39 is 17.6 Å². The summed E-state index contributed by atoms with van der Waals surface area (Å²) in [5.41, 5.74) is 4.98. The third-order valence-corrected chi connectivity index (χ3v) is 3.23. The van der Waals surface area contributed by atoms with Crippen molar-refractivity contribution in [1.29, 1.82) is 0 Å². The van der Waals surface area contributed by atoms with Gasteiger partial charge in [0.1, 0.15) is 5.82 Å². The second kappa shape index (κ2) is 6.23. The predicted octanol–water partition coefficient (Wildman–Crippen LogP) is 3.27. The van der Waals surface area contributed by atoms with Crippen LogP contribution in [0.1, 0.15) is 21.5 Å². The molecule has 0 aliphatic heterocycles. The number of nitrogens with one attached hydrogen (secondary N) is 1. The van der Waals surface area contributed by atoms with Gasteiger partial charge in [0, 0.05) is 18.3 Å². The summed E-state index contributed by atoms with van der Waals surface area (Å²) in [4.78, 5) is 15.9. The number of halogens is 4. The van der Waals surface area contributed by atoms with E-state index in [1.54, 1.807) is 12.1 Å². The molecule has 4 nitrogen and oxygen atoms in total. The maximum Gasteiger partial charge on any atom is 0.416 e.